The highest BCUT2D eigenvalue weighted by Gasteiger charge is 2.32. The number of hydrogen-bond acceptors (Lipinski definition) is 4. The van der Waals surface area contributed by atoms with E-state index >= 15 is 0 Å². The smallest absolute Gasteiger partial charge is 0.325 e. The van der Waals surface area contributed by atoms with Crippen LogP contribution in [-0.2, 0) is 14.4 Å². The maximum Gasteiger partial charge on any atom is 0.363 e. The Bertz CT molecular complexity index is 555. The third kappa shape index (κ3) is 3.41. The molecule has 0 aromatic heterocycles. The molecular formula is C15H13NO4. The van der Waals surface area contributed by atoms with Gasteiger partial charge in [-0.3, -0.25) is 9.59 Å². The third-order valence-corrected chi connectivity index (χ3v) is 2.63. The minimum Gasteiger partial charge on any atom is -0.325 e. The van der Waals surface area contributed by atoms with Crippen LogP contribution in [0.1, 0.15) is 23.2 Å². The average molecular weight is 271 g/mol. The molecule has 1 saturated heterocycles. The van der Waals surface area contributed by atoms with Gasteiger partial charge in [0.15, 0.2) is 0 Å². The molecule has 1 aliphatic rings. The Balaban J connectivity index is 2.21. The summed E-state index contributed by atoms with van der Waals surface area (Å²) in [5, 5.41) is 0.537. The summed E-state index contributed by atoms with van der Waals surface area (Å²) >= 11 is 0. The molecule has 0 unspecified atom stereocenters. The van der Waals surface area contributed by atoms with Gasteiger partial charge < -0.3 is 4.84 Å². The molecule has 0 atom stereocenters. The molecule has 2 rings (SSSR count). The van der Waals surface area contributed by atoms with Gasteiger partial charge in [0.1, 0.15) is 0 Å². The Morgan fingerprint density at radius 3 is 1.80 bits per heavy atom. The normalized spacial score (nSPS) is 13.9. The summed E-state index contributed by atoms with van der Waals surface area (Å²) < 4.78 is 0. The molecule has 1 heterocycles. The van der Waals surface area contributed by atoms with Crippen LogP contribution >= 0.6 is 0 Å². The molecule has 1 aliphatic heterocycles. The first-order valence-corrected chi connectivity index (χ1v) is 6.15. The number of carbonyl (C=O) groups excluding carboxylic acids is 3. The number of hydroxylamine groups is 2. The van der Waals surface area contributed by atoms with Crippen molar-refractivity contribution in [1.82, 2.24) is 5.06 Å². The summed E-state index contributed by atoms with van der Waals surface area (Å²) in [4.78, 5) is 39.6. The zero-order valence-electron chi connectivity index (χ0n) is 10.7. The molecule has 0 N–H and O–H groups in total. The van der Waals surface area contributed by atoms with E-state index in [0.29, 0.717) is 5.06 Å². The first-order chi connectivity index (χ1) is 9.68. The highest BCUT2D eigenvalue weighted by atomic mass is 16.7. The number of amides is 2. The van der Waals surface area contributed by atoms with Crippen molar-refractivity contribution in [2.75, 3.05) is 0 Å². The second-order valence-corrected chi connectivity index (χ2v) is 4.10. The van der Waals surface area contributed by atoms with Crippen LogP contribution in [0.2, 0.25) is 0 Å². The van der Waals surface area contributed by atoms with Crippen LogP contribution in [0.3, 0.4) is 0 Å². The summed E-state index contributed by atoms with van der Waals surface area (Å²) in [6.45, 7) is 0. The minimum atomic E-state index is -0.743. The lowest BCUT2D eigenvalue weighted by Crippen LogP contribution is -2.32. The van der Waals surface area contributed by atoms with Gasteiger partial charge in [-0.05, 0) is 12.1 Å². The van der Waals surface area contributed by atoms with E-state index in [-0.39, 0.29) is 18.4 Å². The molecule has 2 amide bonds. The van der Waals surface area contributed by atoms with E-state index in [9.17, 15) is 14.4 Å². The number of carbonyl (C=O) groups is 3. The maximum absolute atomic E-state index is 11.9. The van der Waals surface area contributed by atoms with E-state index in [1.54, 1.807) is 36.4 Å². The molecule has 5 nitrogen and oxygen atoms in total. The molecule has 1 fully saturated rings. The molecule has 0 aliphatic carbocycles. The Morgan fingerprint density at radius 2 is 1.30 bits per heavy atom. The van der Waals surface area contributed by atoms with Crippen molar-refractivity contribution in [2.45, 2.75) is 12.8 Å². The summed E-state index contributed by atoms with van der Waals surface area (Å²) in [5.74, 6) is -1.73. The van der Waals surface area contributed by atoms with Crippen LogP contribution in [0.5, 0.6) is 0 Å². The fourth-order valence-corrected chi connectivity index (χ4v) is 1.62. The molecule has 0 spiro atoms. The number of rotatable bonds is 2. The number of hydrogen-bond donors (Lipinski definition) is 0. The van der Waals surface area contributed by atoms with Crippen LogP contribution < -0.4 is 0 Å². The van der Waals surface area contributed by atoms with Gasteiger partial charge in [-0.2, -0.15) is 0 Å². The van der Waals surface area contributed by atoms with Gasteiger partial charge >= 0.3 is 5.97 Å². The Kier molecular flexibility index (Phi) is 4.44. The Labute approximate surface area is 116 Å². The van der Waals surface area contributed by atoms with Gasteiger partial charge in [-0.15, -0.1) is 5.06 Å². The molecule has 0 radical (unpaired) electrons. The van der Waals surface area contributed by atoms with Gasteiger partial charge in [-0.25, -0.2) is 4.79 Å². The van der Waals surface area contributed by atoms with Crippen LogP contribution in [0.15, 0.2) is 54.6 Å². The lowest BCUT2D eigenvalue weighted by atomic mass is 10.2. The predicted octanol–water partition coefficient (Wildman–Crippen LogP) is 2.03. The van der Waals surface area contributed by atoms with Crippen molar-refractivity contribution in [3.05, 3.63) is 60.2 Å². The maximum atomic E-state index is 11.9. The minimum absolute atomic E-state index is 0.0778. The Morgan fingerprint density at radius 1 is 0.850 bits per heavy atom. The van der Waals surface area contributed by atoms with E-state index in [2.05, 4.69) is 0 Å². The van der Waals surface area contributed by atoms with Crippen molar-refractivity contribution in [2.24, 2.45) is 0 Å². The average Bonchev–Trinajstić information content (AvgIpc) is 2.76. The van der Waals surface area contributed by atoms with E-state index in [4.69, 9.17) is 4.84 Å². The topological polar surface area (TPSA) is 63.7 Å². The SMILES string of the molecule is O=C(ON1C(=O)CCC1=O)c1ccccccccc1. The van der Waals surface area contributed by atoms with E-state index in [0.717, 1.165) is 0 Å². The van der Waals surface area contributed by atoms with Crippen LogP contribution in [0, 0.1) is 0 Å². The lowest BCUT2D eigenvalue weighted by molar-refractivity contribution is -0.172. The van der Waals surface area contributed by atoms with Gasteiger partial charge in [0.2, 0.25) is 0 Å². The van der Waals surface area contributed by atoms with Gasteiger partial charge in [0, 0.05) is 12.8 Å². The summed E-state index contributed by atoms with van der Waals surface area (Å²) in [5.41, 5.74) is 0.244. The molecule has 0 saturated carbocycles. The second kappa shape index (κ2) is 6.47. The summed E-state index contributed by atoms with van der Waals surface area (Å²) in [6.07, 6.45) is 0.156. The molecule has 1 aromatic rings. The Hall–Kier alpha value is -2.69. The highest BCUT2D eigenvalue weighted by Crippen LogP contribution is 2.13. The van der Waals surface area contributed by atoms with Crippen molar-refractivity contribution in [1.29, 1.82) is 0 Å². The first kappa shape index (κ1) is 13.7. The lowest BCUT2D eigenvalue weighted by Gasteiger charge is -2.11. The van der Waals surface area contributed by atoms with E-state index < -0.39 is 17.8 Å². The molecule has 5 heteroatoms. The van der Waals surface area contributed by atoms with Gasteiger partial charge in [0.25, 0.3) is 11.8 Å². The third-order valence-electron chi connectivity index (χ3n) is 2.63. The zero-order chi connectivity index (χ0) is 14.4. The second-order valence-electron chi connectivity index (χ2n) is 4.10. The fourth-order valence-electron chi connectivity index (χ4n) is 1.62. The first-order valence-electron chi connectivity index (χ1n) is 6.15. The quantitative estimate of drug-likeness (QED) is 0.772. The van der Waals surface area contributed by atoms with Crippen molar-refractivity contribution in [3.63, 3.8) is 0 Å². The van der Waals surface area contributed by atoms with Crippen LogP contribution in [0.4, 0.5) is 0 Å². The summed E-state index contributed by atoms with van der Waals surface area (Å²) in [6, 6.07) is 15.4. The van der Waals surface area contributed by atoms with Crippen molar-refractivity contribution >= 4 is 17.8 Å². The van der Waals surface area contributed by atoms with Gasteiger partial charge in [-0.1, -0.05) is 42.5 Å². The highest BCUT2D eigenvalue weighted by molar-refractivity contribution is 6.02. The monoisotopic (exact) mass is 271 g/mol. The molecule has 102 valence electrons. The summed E-state index contributed by atoms with van der Waals surface area (Å²) in [7, 11) is 0. The number of nitrogens with zero attached hydrogens (tertiary/aromatic N) is 1. The number of imide groups is 1. The van der Waals surface area contributed by atoms with Crippen LogP contribution in [-0.4, -0.2) is 22.8 Å². The fraction of sp³-hybridized carbons (Fsp3) is 0.133. The van der Waals surface area contributed by atoms with Crippen LogP contribution in [0.25, 0.3) is 0 Å². The molecular weight excluding hydrogens is 258 g/mol. The largest absolute Gasteiger partial charge is 0.363 e. The molecule has 1 aromatic carbocycles. The van der Waals surface area contributed by atoms with Crippen molar-refractivity contribution in [3.8, 4) is 0 Å². The molecule has 0 bridgehead atoms. The van der Waals surface area contributed by atoms with E-state index in [1.165, 1.54) is 0 Å². The van der Waals surface area contributed by atoms with Crippen molar-refractivity contribution < 1.29 is 19.2 Å². The predicted molar refractivity (Wildman–Crippen MR) is 70.6 cm³/mol. The van der Waals surface area contributed by atoms with E-state index in [1.807, 2.05) is 18.2 Å². The standard InChI is InChI=1S/C15H13NO4/c17-13-10-11-14(18)16(13)20-15(19)12-8-6-4-2-1-3-5-7-9-12/h1-9H,10-11H2. The molecule has 20 heavy (non-hydrogen) atoms. The zero-order valence-corrected chi connectivity index (χ0v) is 10.7. The van der Waals surface area contributed by atoms with Gasteiger partial charge in [0.05, 0.1) is 5.56 Å².